The van der Waals surface area contributed by atoms with E-state index in [0.717, 1.165) is 4.90 Å². The number of carboxylic acid groups (broad SMARTS) is 2. The molecule has 0 aromatic carbocycles. The standard InChI is InChI=1S/C13H23N3O5.C3H7NO2/c1-8(13(20)21)15-12(19)11(6-4-5-7-14)16(9(2)17)10(3)18;1-2(4)3(5)6/h8,11H,4-7,14H2,1-3H3,(H,15,19)(H,20,21);2H,4H2,1H3,(H,5,6)/t8-,11+;2-/m11/s1. The molecule has 0 heterocycles. The van der Waals surface area contributed by atoms with Crippen LogP contribution in [0.5, 0.6) is 0 Å². The van der Waals surface area contributed by atoms with Gasteiger partial charge in [0.1, 0.15) is 18.1 Å². The van der Waals surface area contributed by atoms with Gasteiger partial charge in [-0.15, -0.1) is 0 Å². The number of carbonyl (C=O) groups excluding carboxylic acids is 3. The number of nitrogens with one attached hydrogen (secondary N) is 1. The Morgan fingerprint density at radius 1 is 0.963 bits per heavy atom. The van der Waals surface area contributed by atoms with Crippen molar-refractivity contribution in [2.24, 2.45) is 11.5 Å². The van der Waals surface area contributed by atoms with Crippen LogP contribution in [0.3, 0.4) is 0 Å². The van der Waals surface area contributed by atoms with Crippen molar-refractivity contribution in [2.75, 3.05) is 6.54 Å². The number of amides is 3. The zero-order valence-corrected chi connectivity index (χ0v) is 16.1. The van der Waals surface area contributed by atoms with Gasteiger partial charge in [0.2, 0.25) is 17.7 Å². The van der Waals surface area contributed by atoms with Gasteiger partial charge >= 0.3 is 11.9 Å². The third kappa shape index (κ3) is 11.7. The van der Waals surface area contributed by atoms with E-state index in [0.29, 0.717) is 19.4 Å². The largest absolute Gasteiger partial charge is 0.480 e. The van der Waals surface area contributed by atoms with E-state index < -0.39 is 47.8 Å². The van der Waals surface area contributed by atoms with Crippen LogP contribution >= 0.6 is 0 Å². The SMILES string of the molecule is CC(=O)N(C(C)=O)[C@@H](CCCCN)C(=O)N[C@H](C)C(=O)O.C[C@@H](N)C(=O)O. The van der Waals surface area contributed by atoms with Crippen molar-refractivity contribution in [3.8, 4) is 0 Å². The Kier molecular flexibility index (Phi) is 13.5. The van der Waals surface area contributed by atoms with Gasteiger partial charge in [-0.25, -0.2) is 0 Å². The lowest BCUT2D eigenvalue weighted by Gasteiger charge is -2.28. The summed E-state index contributed by atoms with van der Waals surface area (Å²) in [5.74, 6) is -3.93. The van der Waals surface area contributed by atoms with Gasteiger partial charge in [0.15, 0.2) is 0 Å². The first-order valence-corrected chi connectivity index (χ1v) is 8.38. The van der Waals surface area contributed by atoms with Gasteiger partial charge in [-0.2, -0.15) is 0 Å². The number of aliphatic carboxylic acids is 2. The summed E-state index contributed by atoms with van der Waals surface area (Å²) < 4.78 is 0. The molecule has 0 rings (SSSR count). The van der Waals surface area contributed by atoms with E-state index in [1.54, 1.807) is 0 Å². The number of unbranched alkanes of at least 4 members (excludes halogenated alkanes) is 1. The predicted octanol–water partition coefficient (Wildman–Crippen LogP) is -1.11. The molecule has 0 aliphatic carbocycles. The minimum absolute atomic E-state index is 0.245. The van der Waals surface area contributed by atoms with Crippen LogP contribution in [-0.4, -0.2) is 69.4 Å². The lowest BCUT2D eigenvalue weighted by molar-refractivity contribution is -0.151. The molecule has 0 fully saturated rings. The van der Waals surface area contributed by atoms with Crippen LogP contribution in [0.2, 0.25) is 0 Å². The van der Waals surface area contributed by atoms with Gasteiger partial charge in [0.05, 0.1) is 0 Å². The quantitative estimate of drug-likeness (QED) is 0.303. The molecule has 0 bridgehead atoms. The number of nitrogens with zero attached hydrogens (tertiary/aromatic N) is 1. The van der Waals surface area contributed by atoms with Gasteiger partial charge in [-0.3, -0.25) is 28.9 Å². The second-order valence-electron chi connectivity index (χ2n) is 5.90. The summed E-state index contributed by atoms with van der Waals surface area (Å²) in [5.41, 5.74) is 10.2. The average Bonchev–Trinajstić information content (AvgIpc) is 2.53. The van der Waals surface area contributed by atoms with E-state index in [2.05, 4.69) is 5.32 Å². The fourth-order valence-electron chi connectivity index (χ4n) is 1.89. The summed E-state index contributed by atoms with van der Waals surface area (Å²) in [7, 11) is 0. The van der Waals surface area contributed by atoms with Crippen molar-refractivity contribution in [3.05, 3.63) is 0 Å². The van der Waals surface area contributed by atoms with Crippen LogP contribution < -0.4 is 16.8 Å². The highest BCUT2D eigenvalue weighted by Gasteiger charge is 2.31. The second kappa shape index (κ2) is 13.6. The van der Waals surface area contributed by atoms with Crippen LogP contribution in [0.4, 0.5) is 0 Å². The average molecular weight is 390 g/mol. The molecule has 0 aliphatic heterocycles. The van der Waals surface area contributed by atoms with E-state index in [4.69, 9.17) is 21.7 Å². The molecule has 3 atom stereocenters. The second-order valence-corrected chi connectivity index (χ2v) is 5.90. The van der Waals surface area contributed by atoms with Crippen LogP contribution in [0.15, 0.2) is 0 Å². The summed E-state index contributed by atoms with van der Waals surface area (Å²) >= 11 is 0. The summed E-state index contributed by atoms with van der Waals surface area (Å²) in [5, 5.41) is 19.0. The van der Waals surface area contributed by atoms with Crippen LogP contribution in [0.1, 0.15) is 47.0 Å². The molecule has 0 spiro atoms. The molecule has 0 saturated heterocycles. The number of rotatable bonds is 9. The molecular formula is C16H30N4O7. The first-order valence-electron chi connectivity index (χ1n) is 8.38. The van der Waals surface area contributed by atoms with Crippen LogP contribution in [0.25, 0.3) is 0 Å². The van der Waals surface area contributed by atoms with Crippen molar-refractivity contribution in [2.45, 2.75) is 65.1 Å². The number of nitrogens with two attached hydrogens (primary N) is 2. The first-order chi connectivity index (χ1) is 12.4. The number of hydrogen-bond donors (Lipinski definition) is 5. The lowest BCUT2D eigenvalue weighted by atomic mass is 10.1. The Morgan fingerprint density at radius 3 is 1.70 bits per heavy atom. The maximum absolute atomic E-state index is 12.2. The van der Waals surface area contributed by atoms with E-state index in [-0.39, 0.29) is 6.42 Å². The van der Waals surface area contributed by atoms with Crippen molar-refractivity contribution in [3.63, 3.8) is 0 Å². The summed E-state index contributed by atoms with van der Waals surface area (Å²) in [6.45, 7) is 5.53. The van der Waals surface area contributed by atoms with Crippen molar-refractivity contribution < 1.29 is 34.2 Å². The van der Waals surface area contributed by atoms with Gasteiger partial charge < -0.3 is 27.0 Å². The minimum Gasteiger partial charge on any atom is -0.480 e. The molecule has 3 amide bonds. The maximum Gasteiger partial charge on any atom is 0.325 e. The molecule has 11 heteroatoms. The molecule has 7 N–H and O–H groups in total. The fourth-order valence-corrected chi connectivity index (χ4v) is 1.89. The minimum atomic E-state index is -1.19. The molecule has 0 aromatic heterocycles. The third-order valence-corrected chi connectivity index (χ3v) is 3.34. The number of carbonyl (C=O) groups is 5. The van der Waals surface area contributed by atoms with Crippen molar-refractivity contribution in [1.82, 2.24) is 10.2 Å². The Balaban J connectivity index is 0. The summed E-state index contributed by atoms with van der Waals surface area (Å²) in [4.78, 5) is 56.5. The van der Waals surface area contributed by atoms with Gasteiger partial charge in [-0.05, 0) is 39.7 Å². The highest BCUT2D eigenvalue weighted by atomic mass is 16.4. The Hall–Kier alpha value is -2.53. The highest BCUT2D eigenvalue weighted by Crippen LogP contribution is 2.11. The lowest BCUT2D eigenvalue weighted by Crippen LogP contribution is -2.53. The monoisotopic (exact) mass is 390 g/mol. The van der Waals surface area contributed by atoms with E-state index in [1.165, 1.54) is 27.7 Å². The smallest absolute Gasteiger partial charge is 0.325 e. The van der Waals surface area contributed by atoms with Gasteiger partial charge in [0, 0.05) is 13.8 Å². The molecule has 0 saturated carbocycles. The first kappa shape index (κ1) is 26.7. The Labute approximate surface area is 158 Å². The third-order valence-electron chi connectivity index (χ3n) is 3.34. The summed E-state index contributed by atoms with van der Waals surface area (Å²) in [6, 6.07) is -2.85. The zero-order valence-electron chi connectivity index (χ0n) is 16.1. The van der Waals surface area contributed by atoms with Crippen molar-refractivity contribution >= 4 is 29.7 Å². The number of carboxylic acids is 2. The summed E-state index contributed by atoms with van der Waals surface area (Å²) in [6.07, 6.45) is 1.43. The van der Waals surface area contributed by atoms with E-state index in [1.807, 2.05) is 0 Å². The number of hydrogen-bond acceptors (Lipinski definition) is 7. The molecule has 0 radical (unpaired) electrons. The van der Waals surface area contributed by atoms with E-state index in [9.17, 15) is 24.0 Å². The molecule has 11 nitrogen and oxygen atoms in total. The van der Waals surface area contributed by atoms with E-state index >= 15 is 0 Å². The molecule has 156 valence electrons. The topological polar surface area (TPSA) is 193 Å². The maximum atomic E-state index is 12.2. The molecule has 0 aromatic rings. The van der Waals surface area contributed by atoms with Crippen molar-refractivity contribution in [1.29, 1.82) is 0 Å². The predicted molar refractivity (Wildman–Crippen MR) is 96.4 cm³/mol. The van der Waals surface area contributed by atoms with Gasteiger partial charge in [-0.1, -0.05) is 0 Å². The molecule has 0 aliphatic rings. The van der Waals surface area contributed by atoms with Crippen LogP contribution in [-0.2, 0) is 24.0 Å². The molecule has 0 unspecified atom stereocenters. The van der Waals surface area contributed by atoms with Gasteiger partial charge in [0.25, 0.3) is 0 Å². The highest BCUT2D eigenvalue weighted by molar-refractivity contribution is 5.99. The normalized spacial score (nSPS) is 13.3. The fraction of sp³-hybridized carbons (Fsp3) is 0.688. The Bertz CT molecular complexity index is 523. The zero-order chi connectivity index (χ0) is 21.7. The van der Waals surface area contributed by atoms with Crippen LogP contribution in [0, 0.1) is 0 Å². The molecular weight excluding hydrogens is 360 g/mol. The Morgan fingerprint density at radius 2 is 1.41 bits per heavy atom. The molecule has 27 heavy (non-hydrogen) atoms. The number of imide groups is 1.